The molecule has 3 heterocycles. The van der Waals surface area contributed by atoms with Crippen molar-refractivity contribution < 1.29 is 13.2 Å². The van der Waals surface area contributed by atoms with Crippen molar-refractivity contribution in [3.8, 4) is 0 Å². The molecule has 0 aliphatic carbocycles. The van der Waals surface area contributed by atoms with Crippen LogP contribution in [0.1, 0.15) is 40.2 Å². The summed E-state index contributed by atoms with van der Waals surface area (Å²) in [5.41, 5.74) is 4.23. The monoisotopic (exact) mass is 495 g/mol. The average Bonchev–Trinajstić information content (AvgIpc) is 3.49. The number of carbonyl (C=O) groups excluding carboxylic acids is 1. The molecule has 0 saturated carbocycles. The summed E-state index contributed by atoms with van der Waals surface area (Å²) in [6.45, 7) is 8.25. The molecule has 1 amide bonds. The number of carbonyl (C=O) groups is 1. The molecular formula is C26H33N5O3S. The van der Waals surface area contributed by atoms with Crippen molar-refractivity contribution in [2.45, 2.75) is 38.1 Å². The fraction of sp³-hybridized carbons (Fsp3) is 0.462. The highest BCUT2D eigenvalue weighted by Crippen LogP contribution is 2.24. The molecule has 2 aliphatic heterocycles. The standard InChI is InChI=1S/C26H33N5O3S/c1-19-6-7-20(2)24(16-19)35(33,34)31-14-12-29(13-15-31)18-25-27-22-17-21(8-9-23(22)28(25)3)26(32)30-10-4-5-11-30/h6-9,16-17H,4-5,10-15,18H2,1-3H3. The third-order valence-electron chi connectivity index (χ3n) is 7.27. The first-order valence-corrected chi connectivity index (χ1v) is 13.7. The van der Waals surface area contributed by atoms with Crippen LogP contribution in [0.5, 0.6) is 0 Å². The molecule has 8 nitrogen and oxygen atoms in total. The minimum atomic E-state index is -3.51. The molecule has 5 rings (SSSR count). The molecule has 0 spiro atoms. The number of likely N-dealkylation sites (tertiary alicyclic amines) is 1. The van der Waals surface area contributed by atoms with Gasteiger partial charge >= 0.3 is 0 Å². The highest BCUT2D eigenvalue weighted by atomic mass is 32.2. The van der Waals surface area contributed by atoms with Crippen LogP contribution in [0.2, 0.25) is 0 Å². The maximum atomic E-state index is 13.2. The van der Waals surface area contributed by atoms with Crippen molar-refractivity contribution in [2.24, 2.45) is 7.05 Å². The summed E-state index contributed by atoms with van der Waals surface area (Å²) in [7, 11) is -1.52. The van der Waals surface area contributed by atoms with Crippen LogP contribution >= 0.6 is 0 Å². The second-order valence-corrected chi connectivity index (χ2v) is 11.6. The van der Waals surface area contributed by atoms with Gasteiger partial charge in [-0.15, -0.1) is 0 Å². The van der Waals surface area contributed by atoms with Gasteiger partial charge in [0.2, 0.25) is 10.0 Å². The van der Waals surface area contributed by atoms with Crippen molar-refractivity contribution >= 4 is 27.0 Å². The molecule has 0 atom stereocenters. The molecule has 0 bridgehead atoms. The lowest BCUT2D eigenvalue weighted by molar-refractivity contribution is 0.0793. The summed E-state index contributed by atoms with van der Waals surface area (Å²) in [6, 6.07) is 11.3. The van der Waals surface area contributed by atoms with Gasteiger partial charge in [-0.3, -0.25) is 9.69 Å². The number of rotatable bonds is 5. The van der Waals surface area contributed by atoms with Gasteiger partial charge in [0.25, 0.3) is 5.91 Å². The van der Waals surface area contributed by atoms with Gasteiger partial charge in [-0.05, 0) is 62.1 Å². The van der Waals surface area contributed by atoms with E-state index in [9.17, 15) is 13.2 Å². The number of hydrogen-bond acceptors (Lipinski definition) is 5. The molecular weight excluding hydrogens is 462 g/mol. The van der Waals surface area contributed by atoms with Crippen LogP contribution in [-0.4, -0.2) is 77.2 Å². The van der Waals surface area contributed by atoms with Crippen LogP contribution in [0, 0.1) is 13.8 Å². The molecule has 2 aromatic carbocycles. The Morgan fingerprint density at radius 1 is 0.943 bits per heavy atom. The van der Waals surface area contributed by atoms with Gasteiger partial charge in [-0.1, -0.05) is 12.1 Å². The molecule has 0 unspecified atom stereocenters. The van der Waals surface area contributed by atoms with Gasteiger partial charge in [0.1, 0.15) is 5.82 Å². The van der Waals surface area contributed by atoms with Crippen molar-refractivity contribution in [2.75, 3.05) is 39.3 Å². The molecule has 9 heteroatoms. The minimum absolute atomic E-state index is 0.0813. The Bertz CT molecular complexity index is 1370. The fourth-order valence-corrected chi connectivity index (χ4v) is 6.81. The van der Waals surface area contributed by atoms with Crippen molar-refractivity contribution in [1.82, 2.24) is 23.7 Å². The lowest BCUT2D eigenvalue weighted by Gasteiger charge is -2.34. The van der Waals surface area contributed by atoms with Crippen LogP contribution in [0.3, 0.4) is 0 Å². The quantitative estimate of drug-likeness (QED) is 0.544. The molecule has 0 N–H and O–H groups in total. The van der Waals surface area contributed by atoms with E-state index in [1.54, 1.807) is 10.4 Å². The summed E-state index contributed by atoms with van der Waals surface area (Å²) in [4.78, 5) is 22.2. The van der Waals surface area contributed by atoms with Gasteiger partial charge in [-0.25, -0.2) is 13.4 Å². The predicted molar refractivity (Wildman–Crippen MR) is 136 cm³/mol. The maximum absolute atomic E-state index is 13.2. The number of benzene rings is 2. The van der Waals surface area contributed by atoms with Crippen molar-refractivity contribution in [3.63, 3.8) is 0 Å². The first-order valence-electron chi connectivity index (χ1n) is 12.3. The van der Waals surface area contributed by atoms with Gasteiger partial charge < -0.3 is 9.47 Å². The van der Waals surface area contributed by atoms with Crippen LogP contribution in [-0.2, 0) is 23.6 Å². The second kappa shape index (κ2) is 9.37. The van der Waals surface area contributed by atoms with Gasteiger partial charge in [0, 0.05) is 51.9 Å². The Labute approximate surface area is 207 Å². The predicted octanol–water partition coefficient (Wildman–Crippen LogP) is 2.93. The largest absolute Gasteiger partial charge is 0.339 e. The van der Waals surface area contributed by atoms with Crippen LogP contribution in [0.4, 0.5) is 0 Å². The van der Waals surface area contributed by atoms with E-state index >= 15 is 0 Å². The number of fused-ring (bicyclic) bond motifs is 1. The zero-order valence-corrected chi connectivity index (χ0v) is 21.5. The molecule has 2 aliphatic rings. The Morgan fingerprint density at radius 3 is 2.37 bits per heavy atom. The number of piperazine rings is 1. The first-order chi connectivity index (χ1) is 16.7. The topological polar surface area (TPSA) is 78.8 Å². The Balaban J connectivity index is 1.27. The average molecular weight is 496 g/mol. The third kappa shape index (κ3) is 4.60. The zero-order valence-electron chi connectivity index (χ0n) is 20.7. The smallest absolute Gasteiger partial charge is 0.253 e. The highest BCUT2D eigenvalue weighted by Gasteiger charge is 2.30. The molecule has 0 radical (unpaired) electrons. The van der Waals surface area contributed by atoms with E-state index in [-0.39, 0.29) is 5.91 Å². The van der Waals surface area contributed by atoms with E-state index < -0.39 is 10.0 Å². The van der Waals surface area contributed by atoms with Crippen LogP contribution in [0.15, 0.2) is 41.3 Å². The van der Waals surface area contributed by atoms with Crippen molar-refractivity contribution in [1.29, 1.82) is 0 Å². The number of nitrogens with zero attached hydrogens (tertiary/aromatic N) is 5. The lowest BCUT2D eigenvalue weighted by atomic mass is 10.2. The third-order valence-corrected chi connectivity index (χ3v) is 9.31. The molecule has 186 valence electrons. The number of sulfonamides is 1. The van der Waals surface area contributed by atoms with Crippen molar-refractivity contribution in [3.05, 3.63) is 58.9 Å². The zero-order chi connectivity index (χ0) is 24.7. The summed E-state index contributed by atoms with van der Waals surface area (Å²) in [5.74, 6) is 0.995. The SMILES string of the molecule is Cc1ccc(C)c(S(=O)(=O)N2CCN(Cc3nc4cc(C(=O)N5CCCC5)ccc4n3C)CC2)c1. The number of aryl methyl sites for hydroxylation is 3. The van der Waals surface area contributed by atoms with Crippen LogP contribution < -0.4 is 0 Å². The van der Waals surface area contributed by atoms with E-state index in [0.29, 0.717) is 43.2 Å². The first kappa shape index (κ1) is 24.0. The molecule has 1 aromatic heterocycles. The summed E-state index contributed by atoms with van der Waals surface area (Å²) in [5, 5.41) is 0. The highest BCUT2D eigenvalue weighted by molar-refractivity contribution is 7.89. The van der Waals surface area contributed by atoms with E-state index in [2.05, 4.69) is 9.47 Å². The maximum Gasteiger partial charge on any atom is 0.253 e. The summed E-state index contributed by atoms with van der Waals surface area (Å²) >= 11 is 0. The molecule has 3 aromatic rings. The molecule has 2 saturated heterocycles. The van der Waals surface area contributed by atoms with Gasteiger partial charge in [0.15, 0.2) is 0 Å². The van der Waals surface area contributed by atoms with Gasteiger partial charge in [-0.2, -0.15) is 4.31 Å². The van der Waals surface area contributed by atoms with E-state index in [1.807, 2.05) is 56.1 Å². The van der Waals surface area contributed by atoms with E-state index in [1.165, 1.54) is 0 Å². The molecule has 35 heavy (non-hydrogen) atoms. The normalized spacial score (nSPS) is 18.0. The Morgan fingerprint density at radius 2 is 1.66 bits per heavy atom. The summed E-state index contributed by atoms with van der Waals surface area (Å²) < 4.78 is 30.1. The second-order valence-electron chi connectivity index (χ2n) is 9.74. The fourth-order valence-electron chi connectivity index (χ4n) is 5.08. The Hall–Kier alpha value is -2.75. The number of amides is 1. The van der Waals surface area contributed by atoms with E-state index in [4.69, 9.17) is 4.98 Å². The summed E-state index contributed by atoms with van der Waals surface area (Å²) in [6.07, 6.45) is 2.14. The number of aromatic nitrogens is 2. The number of imidazole rings is 1. The Kier molecular flexibility index (Phi) is 6.41. The van der Waals surface area contributed by atoms with Crippen LogP contribution in [0.25, 0.3) is 11.0 Å². The lowest BCUT2D eigenvalue weighted by Crippen LogP contribution is -2.48. The minimum Gasteiger partial charge on any atom is -0.339 e. The van der Waals surface area contributed by atoms with E-state index in [0.717, 1.165) is 53.9 Å². The number of hydrogen-bond donors (Lipinski definition) is 0. The molecule has 2 fully saturated rings. The van der Waals surface area contributed by atoms with Gasteiger partial charge in [0.05, 0.1) is 22.5 Å².